The molecule has 0 saturated carbocycles. The van der Waals surface area contributed by atoms with Crippen molar-refractivity contribution in [2.75, 3.05) is 0 Å². The summed E-state index contributed by atoms with van der Waals surface area (Å²) in [6, 6.07) is 53.0. The summed E-state index contributed by atoms with van der Waals surface area (Å²) in [7, 11) is 0. The maximum Gasteiger partial charge on any atom is 0.335 e. The van der Waals surface area contributed by atoms with Gasteiger partial charge in [-0.25, -0.2) is 14.6 Å². The van der Waals surface area contributed by atoms with E-state index < -0.39 is 28.8 Å². The highest BCUT2D eigenvalue weighted by Gasteiger charge is 2.64. The fourth-order valence-corrected chi connectivity index (χ4v) is 7.31. The molecule has 6 aromatic carbocycles. The third-order valence-electron chi connectivity index (χ3n) is 9.78. The van der Waals surface area contributed by atoms with E-state index in [0.29, 0.717) is 22.6 Å². The lowest BCUT2D eigenvalue weighted by Gasteiger charge is -2.44. The second-order valence-corrected chi connectivity index (χ2v) is 12.7. The van der Waals surface area contributed by atoms with E-state index in [0.717, 1.165) is 22.3 Å². The van der Waals surface area contributed by atoms with Gasteiger partial charge in [-0.2, -0.15) is 0 Å². The Morgan fingerprint density at radius 1 is 0.481 bits per heavy atom. The molecule has 2 aliphatic rings. The fourth-order valence-electron chi connectivity index (χ4n) is 7.31. The highest BCUT2D eigenvalue weighted by atomic mass is 16.4. The van der Waals surface area contributed by atoms with Crippen LogP contribution >= 0.6 is 0 Å². The zero-order valence-electron chi connectivity index (χ0n) is 27.8. The molecule has 2 aliphatic heterocycles. The molecule has 0 saturated heterocycles. The van der Waals surface area contributed by atoms with Crippen LogP contribution in [0, 0.1) is 0 Å². The van der Waals surface area contributed by atoms with Crippen LogP contribution in [0.25, 0.3) is 0 Å². The molecular weight excluding hydrogens is 649 g/mol. The van der Waals surface area contributed by atoms with E-state index in [1.165, 1.54) is 0 Å². The van der Waals surface area contributed by atoms with E-state index in [1.54, 1.807) is 54.7 Å². The van der Waals surface area contributed by atoms with E-state index in [2.05, 4.69) is 29.6 Å². The normalized spacial score (nSPS) is 20.2. The van der Waals surface area contributed by atoms with Crippen molar-refractivity contribution < 1.29 is 19.8 Å². The summed E-state index contributed by atoms with van der Waals surface area (Å²) in [5.41, 5.74) is 2.11. The van der Waals surface area contributed by atoms with Crippen LogP contribution in [0.3, 0.4) is 0 Å². The van der Waals surface area contributed by atoms with E-state index in [4.69, 9.17) is 15.0 Å². The number of aromatic carboxylic acids is 2. The molecule has 2 unspecified atom stereocenters. The first-order valence-corrected chi connectivity index (χ1v) is 16.8. The molecule has 6 aromatic rings. The molecule has 52 heavy (non-hydrogen) atoms. The number of carboxylic acids is 2. The number of nitrogens with one attached hydrogen (secondary N) is 1. The maximum atomic E-state index is 12.1. The van der Waals surface area contributed by atoms with Crippen molar-refractivity contribution in [1.82, 2.24) is 5.32 Å². The molecule has 0 radical (unpaired) electrons. The Balaban J connectivity index is 1.52. The molecule has 0 aromatic heterocycles. The van der Waals surface area contributed by atoms with Gasteiger partial charge in [0.25, 0.3) is 0 Å². The number of benzene rings is 6. The summed E-state index contributed by atoms with van der Waals surface area (Å²) in [6.07, 6.45) is 1.73. The second kappa shape index (κ2) is 12.8. The van der Waals surface area contributed by atoms with Gasteiger partial charge in [-0.05, 0) is 46.5 Å². The summed E-state index contributed by atoms with van der Waals surface area (Å²) in [6.45, 7) is 0. The van der Waals surface area contributed by atoms with Gasteiger partial charge in [0.05, 0.1) is 28.8 Å². The third-order valence-corrected chi connectivity index (χ3v) is 9.78. The number of aliphatic imine (C=N–C) groups is 3. The predicted molar refractivity (Wildman–Crippen MR) is 201 cm³/mol. The largest absolute Gasteiger partial charge is 0.478 e. The van der Waals surface area contributed by atoms with Crippen LogP contribution in [0.2, 0.25) is 0 Å². The minimum atomic E-state index is -1.55. The zero-order valence-corrected chi connectivity index (χ0v) is 27.8. The number of rotatable bonds is 9. The van der Waals surface area contributed by atoms with Crippen molar-refractivity contribution >= 4 is 29.6 Å². The van der Waals surface area contributed by atoms with Crippen LogP contribution in [0.5, 0.6) is 0 Å². The highest BCUT2D eigenvalue weighted by Crippen LogP contribution is 2.55. The summed E-state index contributed by atoms with van der Waals surface area (Å²) < 4.78 is 0. The molecule has 2 atom stereocenters. The lowest BCUT2D eigenvalue weighted by molar-refractivity contribution is 0.0686. The monoisotopic (exact) mass is 680 g/mol. The van der Waals surface area contributed by atoms with Crippen LogP contribution in [0.15, 0.2) is 185 Å². The Bertz CT molecular complexity index is 2320. The van der Waals surface area contributed by atoms with E-state index >= 15 is 0 Å². The quantitative estimate of drug-likeness (QED) is 0.144. The van der Waals surface area contributed by atoms with Crippen LogP contribution in [-0.2, 0) is 16.9 Å². The van der Waals surface area contributed by atoms with Crippen molar-refractivity contribution in [3.8, 4) is 0 Å². The average molecular weight is 681 g/mol. The number of hydrogen-bond acceptors (Lipinski definition) is 6. The fraction of sp³-hybridized carbons (Fsp3) is 0.0682. The smallest absolute Gasteiger partial charge is 0.335 e. The minimum Gasteiger partial charge on any atom is -0.478 e. The molecule has 0 spiro atoms. The van der Waals surface area contributed by atoms with E-state index in [9.17, 15) is 19.8 Å². The van der Waals surface area contributed by atoms with E-state index in [-0.39, 0.29) is 11.1 Å². The van der Waals surface area contributed by atoms with Crippen molar-refractivity contribution in [2.45, 2.75) is 16.9 Å². The number of carbonyl (C=O) groups is 2. The van der Waals surface area contributed by atoms with Gasteiger partial charge in [-0.1, -0.05) is 146 Å². The topological polar surface area (TPSA) is 124 Å². The minimum absolute atomic E-state index is 0.115. The maximum absolute atomic E-state index is 12.1. The molecular formula is C44H32N4O4. The van der Waals surface area contributed by atoms with Crippen LogP contribution < -0.4 is 5.32 Å². The first-order chi connectivity index (χ1) is 25.4. The van der Waals surface area contributed by atoms with Gasteiger partial charge in [0.15, 0.2) is 5.66 Å². The lowest BCUT2D eigenvalue weighted by atomic mass is 9.75. The first kappa shape index (κ1) is 32.4. The van der Waals surface area contributed by atoms with Crippen molar-refractivity contribution in [2.24, 2.45) is 15.0 Å². The summed E-state index contributed by atoms with van der Waals surface area (Å²) >= 11 is 0. The number of hydrogen-bond donors (Lipinski definition) is 3. The van der Waals surface area contributed by atoms with Crippen molar-refractivity contribution in [1.29, 1.82) is 0 Å². The van der Waals surface area contributed by atoms with Gasteiger partial charge in [-0.15, -0.1) is 0 Å². The third kappa shape index (κ3) is 5.16. The number of carboxylic acid groups (broad SMARTS) is 2. The Labute approximate surface area is 300 Å². The Morgan fingerprint density at radius 3 is 1.40 bits per heavy atom. The SMILES string of the molecule is O=C(O)c1ccc(C2(C3(c4ccc(C(=O)O)cc4)N=C(c4ccccc4)C(c4ccccc4)(c4ccccc4)N3)N=CC(c3ccccc3)=N2)cc1. The first-order valence-electron chi connectivity index (χ1n) is 16.8. The molecule has 0 aliphatic carbocycles. The molecule has 3 N–H and O–H groups in total. The van der Waals surface area contributed by atoms with Crippen LogP contribution in [0.1, 0.15) is 54.1 Å². The van der Waals surface area contributed by atoms with Gasteiger partial charge in [-0.3, -0.25) is 15.3 Å². The van der Waals surface area contributed by atoms with Gasteiger partial charge in [0.2, 0.25) is 5.66 Å². The summed E-state index contributed by atoms with van der Waals surface area (Å²) in [5, 5.41) is 23.8. The average Bonchev–Trinajstić information content (AvgIpc) is 3.83. The molecule has 8 heteroatoms. The van der Waals surface area contributed by atoms with Gasteiger partial charge in [0, 0.05) is 11.1 Å². The van der Waals surface area contributed by atoms with E-state index in [1.807, 2.05) is 97.1 Å². The molecule has 0 bridgehead atoms. The standard InChI is InChI=1S/C44H32N4O4/c49-40(50)32-21-25-36(26-22-32)43(45-29-38(46-43)30-13-5-1-6-14-30)44(37-27-23-33(24-28-37)41(51)52)47-39(31-15-7-2-8-16-31)42(48-44,34-17-9-3-10-18-34)35-19-11-4-12-20-35/h1-29,48H,(H,49,50)(H,51,52). The highest BCUT2D eigenvalue weighted by molar-refractivity contribution is 6.39. The molecule has 0 amide bonds. The zero-order chi connectivity index (χ0) is 35.8. The van der Waals surface area contributed by atoms with Gasteiger partial charge < -0.3 is 10.2 Å². The summed E-state index contributed by atoms with van der Waals surface area (Å²) in [5.74, 6) is -2.11. The van der Waals surface area contributed by atoms with Crippen molar-refractivity contribution in [3.63, 3.8) is 0 Å². The second-order valence-electron chi connectivity index (χ2n) is 12.7. The van der Waals surface area contributed by atoms with Crippen LogP contribution in [-0.4, -0.2) is 39.8 Å². The Morgan fingerprint density at radius 2 is 0.923 bits per heavy atom. The lowest BCUT2D eigenvalue weighted by Crippen LogP contribution is -2.59. The molecule has 8 nitrogen and oxygen atoms in total. The Hall–Kier alpha value is -6.77. The van der Waals surface area contributed by atoms with Crippen molar-refractivity contribution in [3.05, 3.63) is 214 Å². The molecule has 0 fully saturated rings. The molecule has 252 valence electrons. The van der Waals surface area contributed by atoms with Gasteiger partial charge in [0.1, 0.15) is 5.54 Å². The molecule has 2 heterocycles. The molecule has 8 rings (SSSR count). The predicted octanol–water partition coefficient (Wildman–Crippen LogP) is 7.70. The summed E-state index contributed by atoms with van der Waals surface area (Å²) in [4.78, 5) is 40.7. The number of nitrogens with zero attached hydrogens (tertiary/aromatic N) is 3. The Kier molecular flexibility index (Phi) is 8.01. The van der Waals surface area contributed by atoms with Crippen LogP contribution in [0.4, 0.5) is 0 Å². The van der Waals surface area contributed by atoms with Gasteiger partial charge >= 0.3 is 11.9 Å².